The Balaban J connectivity index is 1.35. The van der Waals surface area contributed by atoms with Gasteiger partial charge in [-0.3, -0.25) is 14.6 Å². The number of benzene rings is 1. The summed E-state index contributed by atoms with van der Waals surface area (Å²) in [6.45, 7) is 10.0. The minimum Gasteiger partial charge on any atom is -0.619 e. The van der Waals surface area contributed by atoms with Gasteiger partial charge < -0.3 is 14.8 Å². The van der Waals surface area contributed by atoms with Crippen molar-refractivity contribution in [2.45, 2.75) is 57.6 Å². The Morgan fingerprint density at radius 3 is 2.21 bits per heavy atom. The van der Waals surface area contributed by atoms with E-state index in [2.05, 4.69) is 35.3 Å². The topological polar surface area (TPSA) is 63.0 Å². The fourth-order valence-electron chi connectivity index (χ4n) is 5.55. The SMILES string of the molecule is C[C@H]1CN(C2(C)CCN(C(=O)c3c(Cl)c[n+]([O-])cc3Cl)CC2)CCN1[C@@H](C)c1ccc(OC(F)(F)F)cc1. The van der Waals surface area contributed by atoms with Crippen LogP contribution in [0.1, 0.15) is 55.6 Å². The Morgan fingerprint density at radius 2 is 1.68 bits per heavy atom. The smallest absolute Gasteiger partial charge is 0.573 e. The summed E-state index contributed by atoms with van der Waals surface area (Å²) in [4.78, 5) is 19.7. The molecule has 0 aliphatic carbocycles. The van der Waals surface area contributed by atoms with Gasteiger partial charge in [0.15, 0.2) is 12.4 Å². The van der Waals surface area contributed by atoms with Crippen molar-refractivity contribution in [3.05, 3.63) is 63.0 Å². The number of halogens is 5. The molecule has 12 heteroatoms. The summed E-state index contributed by atoms with van der Waals surface area (Å²) >= 11 is 12.3. The van der Waals surface area contributed by atoms with Gasteiger partial charge in [0.2, 0.25) is 0 Å². The summed E-state index contributed by atoms with van der Waals surface area (Å²) in [5.41, 5.74) is 0.996. The number of hydrogen-bond acceptors (Lipinski definition) is 5. The van der Waals surface area contributed by atoms with E-state index in [9.17, 15) is 23.2 Å². The first-order valence-electron chi connectivity index (χ1n) is 12.5. The second-order valence-corrected chi connectivity index (χ2v) is 11.1. The molecule has 2 saturated heterocycles. The number of piperidine rings is 1. The number of carbonyl (C=O) groups is 1. The van der Waals surface area contributed by atoms with Crippen LogP contribution in [-0.2, 0) is 0 Å². The number of carbonyl (C=O) groups excluding carboxylic acids is 1. The highest BCUT2D eigenvalue weighted by atomic mass is 35.5. The number of nitrogens with zero attached hydrogens (tertiary/aromatic N) is 4. The van der Waals surface area contributed by atoms with Gasteiger partial charge in [-0.05, 0) is 51.3 Å². The van der Waals surface area contributed by atoms with E-state index in [-0.39, 0.29) is 44.9 Å². The monoisotopic (exact) mass is 574 g/mol. The molecule has 0 spiro atoms. The first-order chi connectivity index (χ1) is 17.8. The number of likely N-dealkylation sites (tertiary alicyclic amines) is 1. The molecule has 0 unspecified atom stereocenters. The van der Waals surface area contributed by atoms with Gasteiger partial charge in [-0.1, -0.05) is 35.3 Å². The molecular formula is C26H31Cl2F3N4O3. The zero-order valence-electron chi connectivity index (χ0n) is 21.5. The molecule has 0 saturated carbocycles. The molecule has 208 valence electrons. The fraction of sp³-hybridized carbons (Fsp3) is 0.538. The predicted octanol–water partition coefficient (Wildman–Crippen LogP) is 5.29. The van der Waals surface area contributed by atoms with E-state index in [1.165, 1.54) is 12.1 Å². The highest BCUT2D eigenvalue weighted by molar-refractivity contribution is 6.39. The van der Waals surface area contributed by atoms with Crippen molar-refractivity contribution in [1.29, 1.82) is 0 Å². The molecule has 3 heterocycles. The van der Waals surface area contributed by atoms with Crippen molar-refractivity contribution in [3.63, 3.8) is 0 Å². The third-order valence-corrected chi connectivity index (χ3v) is 8.41. The van der Waals surface area contributed by atoms with Crippen LogP contribution in [0.4, 0.5) is 13.2 Å². The average molecular weight is 575 g/mol. The van der Waals surface area contributed by atoms with E-state index < -0.39 is 6.36 Å². The summed E-state index contributed by atoms with van der Waals surface area (Å²) in [6, 6.07) is 6.32. The van der Waals surface area contributed by atoms with Gasteiger partial charge in [0.1, 0.15) is 15.8 Å². The fourth-order valence-corrected chi connectivity index (χ4v) is 6.16. The van der Waals surface area contributed by atoms with Crippen LogP contribution in [0.15, 0.2) is 36.7 Å². The van der Waals surface area contributed by atoms with E-state index in [0.717, 1.165) is 50.4 Å². The summed E-state index contributed by atoms with van der Waals surface area (Å²) in [5, 5.41) is 11.6. The number of aromatic nitrogens is 1. The van der Waals surface area contributed by atoms with Gasteiger partial charge >= 0.3 is 6.36 Å². The molecule has 38 heavy (non-hydrogen) atoms. The number of amides is 1. The van der Waals surface area contributed by atoms with Crippen molar-refractivity contribution in [2.75, 3.05) is 32.7 Å². The molecular weight excluding hydrogens is 544 g/mol. The van der Waals surface area contributed by atoms with Gasteiger partial charge in [-0.25, -0.2) is 0 Å². The van der Waals surface area contributed by atoms with Gasteiger partial charge in [0.05, 0.1) is 5.56 Å². The molecule has 0 bridgehead atoms. The van der Waals surface area contributed by atoms with Crippen LogP contribution in [0.2, 0.25) is 10.0 Å². The van der Waals surface area contributed by atoms with Crippen molar-refractivity contribution in [1.82, 2.24) is 14.7 Å². The Hall–Kier alpha value is -2.27. The molecule has 2 aliphatic rings. The van der Waals surface area contributed by atoms with Crippen LogP contribution in [0.3, 0.4) is 0 Å². The van der Waals surface area contributed by atoms with E-state index in [1.54, 1.807) is 17.0 Å². The number of hydrogen-bond donors (Lipinski definition) is 0. The Labute approximate surface area is 230 Å². The van der Waals surface area contributed by atoms with Crippen LogP contribution < -0.4 is 9.47 Å². The van der Waals surface area contributed by atoms with E-state index in [1.807, 2.05) is 0 Å². The summed E-state index contributed by atoms with van der Waals surface area (Å²) in [7, 11) is 0. The maximum atomic E-state index is 13.1. The number of pyridine rings is 1. The number of rotatable bonds is 5. The van der Waals surface area contributed by atoms with Gasteiger partial charge in [-0.15, -0.1) is 13.2 Å². The van der Waals surface area contributed by atoms with Crippen LogP contribution in [0.25, 0.3) is 0 Å². The highest BCUT2D eigenvalue weighted by Crippen LogP contribution is 2.35. The lowest BCUT2D eigenvalue weighted by Crippen LogP contribution is -2.62. The molecule has 1 aromatic carbocycles. The van der Waals surface area contributed by atoms with Crippen molar-refractivity contribution < 1.29 is 27.4 Å². The minimum atomic E-state index is -4.71. The molecule has 0 radical (unpaired) electrons. The second kappa shape index (κ2) is 11.1. The lowest BCUT2D eigenvalue weighted by Gasteiger charge is -2.52. The molecule has 0 N–H and O–H groups in total. The largest absolute Gasteiger partial charge is 0.619 e. The van der Waals surface area contributed by atoms with Gasteiger partial charge in [0, 0.05) is 50.3 Å². The number of alkyl halides is 3. The van der Waals surface area contributed by atoms with Gasteiger partial charge in [-0.2, -0.15) is 4.73 Å². The summed E-state index contributed by atoms with van der Waals surface area (Å²) in [6.07, 6.45) is -0.890. The van der Waals surface area contributed by atoms with Crippen molar-refractivity contribution >= 4 is 29.1 Å². The van der Waals surface area contributed by atoms with Crippen LogP contribution in [0.5, 0.6) is 5.75 Å². The van der Waals surface area contributed by atoms with E-state index >= 15 is 0 Å². The molecule has 2 aliphatic heterocycles. The van der Waals surface area contributed by atoms with Crippen LogP contribution in [0, 0.1) is 5.21 Å². The minimum absolute atomic E-state index is 0.0346. The average Bonchev–Trinajstić information content (AvgIpc) is 2.83. The molecule has 2 fully saturated rings. The second-order valence-electron chi connectivity index (χ2n) is 10.3. The normalized spacial score (nSPS) is 21.8. The predicted molar refractivity (Wildman–Crippen MR) is 138 cm³/mol. The Kier molecular flexibility index (Phi) is 8.37. The van der Waals surface area contributed by atoms with Crippen molar-refractivity contribution in [3.8, 4) is 5.75 Å². The van der Waals surface area contributed by atoms with Crippen molar-refractivity contribution in [2.24, 2.45) is 0 Å². The summed E-state index contributed by atoms with van der Waals surface area (Å²) in [5.74, 6) is -0.503. The standard InChI is InChI=1S/C26H31Cl2F3N4O3/c1-17-14-33(12-13-35(17)18(2)19-4-6-20(7-5-19)38-26(29,30)31)25(3)8-10-32(11-9-25)24(36)23-21(27)15-34(37)16-22(23)28/h4-7,15-18H,8-14H2,1-3H3/t17-,18-/m0/s1. The maximum absolute atomic E-state index is 13.1. The molecule has 7 nitrogen and oxygen atoms in total. The van der Waals surface area contributed by atoms with Crippen LogP contribution in [-0.4, -0.2) is 71.3 Å². The Morgan fingerprint density at radius 1 is 1.11 bits per heavy atom. The summed E-state index contributed by atoms with van der Waals surface area (Å²) < 4.78 is 41.9. The zero-order valence-corrected chi connectivity index (χ0v) is 23.0. The Bertz CT molecular complexity index is 1130. The van der Waals surface area contributed by atoms with E-state index in [0.29, 0.717) is 17.8 Å². The third kappa shape index (κ3) is 6.30. The molecule has 1 aromatic heterocycles. The first-order valence-corrected chi connectivity index (χ1v) is 13.3. The molecule has 2 atom stereocenters. The number of ether oxygens (including phenoxy) is 1. The quantitative estimate of drug-likeness (QED) is 0.359. The third-order valence-electron chi connectivity index (χ3n) is 7.84. The highest BCUT2D eigenvalue weighted by Gasteiger charge is 2.41. The first kappa shape index (κ1) is 28.7. The molecule has 2 aromatic rings. The zero-order chi connectivity index (χ0) is 27.8. The molecule has 1 amide bonds. The maximum Gasteiger partial charge on any atom is 0.573 e. The van der Waals surface area contributed by atoms with Gasteiger partial charge in [0.25, 0.3) is 5.91 Å². The molecule has 4 rings (SSSR count). The lowest BCUT2D eigenvalue weighted by atomic mass is 9.86. The number of piperazine rings is 1. The van der Waals surface area contributed by atoms with E-state index in [4.69, 9.17) is 23.2 Å². The lowest BCUT2D eigenvalue weighted by molar-refractivity contribution is -0.605. The van der Waals surface area contributed by atoms with Crippen LogP contribution >= 0.6 is 23.2 Å².